The first-order valence-corrected chi connectivity index (χ1v) is 7.44. The van der Waals surface area contributed by atoms with Gasteiger partial charge in [0.25, 0.3) is 0 Å². The van der Waals surface area contributed by atoms with E-state index < -0.39 is 29.3 Å². The van der Waals surface area contributed by atoms with E-state index in [1.807, 2.05) is 6.92 Å². The van der Waals surface area contributed by atoms with Gasteiger partial charge in [0, 0.05) is 6.04 Å². The van der Waals surface area contributed by atoms with E-state index in [1.165, 1.54) is 11.8 Å². The Labute approximate surface area is 126 Å². The molecule has 0 spiro atoms. The molecule has 1 amide bonds. The summed E-state index contributed by atoms with van der Waals surface area (Å²) in [6, 6.07) is -0.196. The van der Waals surface area contributed by atoms with Crippen molar-refractivity contribution in [3.8, 4) is 0 Å². The van der Waals surface area contributed by atoms with Crippen LogP contribution in [0.4, 0.5) is 4.79 Å². The van der Waals surface area contributed by atoms with Crippen molar-refractivity contribution in [2.24, 2.45) is 0 Å². The van der Waals surface area contributed by atoms with Gasteiger partial charge in [0.05, 0.1) is 12.7 Å². The second kappa shape index (κ2) is 6.22. The molecule has 1 aliphatic heterocycles. The van der Waals surface area contributed by atoms with Crippen LogP contribution in [0.2, 0.25) is 0 Å². The maximum Gasteiger partial charge on any atom is 0.411 e. The standard InChI is InChI=1S/C15H27NO5/c1-7-20-12(18)15(11(3)17)9-8-10(2)16(15)13(19)21-14(4,5)6/h10-11,17H,7-9H2,1-6H3/t10?,11?,15-/m0/s1. The SMILES string of the molecule is CCOC(=O)[C@@]1(C(C)O)CCC(C)N1C(=O)OC(C)(C)C. The van der Waals surface area contributed by atoms with Crippen molar-refractivity contribution in [1.29, 1.82) is 0 Å². The summed E-state index contributed by atoms with van der Waals surface area (Å²) in [6.45, 7) is 10.5. The number of hydrogen-bond donors (Lipinski definition) is 1. The third-order valence-electron chi connectivity index (χ3n) is 3.72. The molecular weight excluding hydrogens is 274 g/mol. The highest BCUT2D eigenvalue weighted by Gasteiger charge is 2.58. The smallest absolute Gasteiger partial charge is 0.411 e. The Morgan fingerprint density at radius 3 is 2.43 bits per heavy atom. The van der Waals surface area contributed by atoms with Crippen molar-refractivity contribution in [2.45, 2.75) is 77.7 Å². The molecule has 122 valence electrons. The van der Waals surface area contributed by atoms with E-state index in [4.69, 9.17) is 9.47 Å². The van der Waals surface area contributed by atoms with E-state index in [9.17, 15) is 14.7 Å². The van der Waals surface area contributed by atoms with Gasteiger partial charge >= 0.3 is 12.1 Å². The van der Waals surface area contributed by atoms with Gasteiger partial charge in [-0.2, -0.15) is 0 Å². The summed E-state index contributed by atoms with van der Waals surface area (Å²) in [5.41, 5.74) is -2.03. The second-order valence-corrected chi connectivity index (χ2v) is 6.56. The average molecular weight is 301 g/mol. The topological polar surface area (TPSA) is 76.1 Å². The number of esters is 1. The summed E-state index contributed by atoms with van der Waals surface area (Å²) in [5, 5.41) is 10.2. The number of carbonyl (C=O) groups is 2. The third kappa shape index (κ3) is 3.48. The van der Waals surface area contributed by atoms with Crippen LogP contribution in [-0.2, 0) is 14.3 Å². The number of aliphatic hydroxyl groups is 1. The molecule has 1 aliphatic rings. The number of nitrogens with zero attached hydrogens (tertiary/aromatic N) is 1. The molecule has 1 fully saturated rings. The summed E-state index contributed by atoms with van der Waals surface area (Å²) < 4.78 is 10.5. The van der Waals surface area contributed by atoms with Crippen molar-refractivity contribution in [3.63, 3.8) is 0 Å². The number of rotatable bonds is 3. The number of carbonyl (C=O) groups excluding carboxylic acids is 2. The van der Waals surface area contributed by atoms with Crippen LogP contribution >= 0.6 is 0 Å². The Morgan fingerprint density at radius 2 is 2.00 bits per heavy atom. The highest BCUT2D eigenvalue weighted by atomic mass is 16.6. The Morgan fingerprint density at radius 1 is 1.43 bits per heavy atom. The van der Waals surface area contributed by atoms with Crippen LogP contribution < -0.4 is 0 Å². The van der Waals surface area contributed by atoms with Gasteiger partial charge in [0.2, 0.25) is 0 Å². The van der Waals surface area contributed by atoms with E-state index in [-0.39, 0.29) is 12.6 Å². The van der Waals surface area contributed by atoms with Gasteiger partial charge in [-0.3, -0.25) is 4.90 Å². The van der Waals surface area contributed by atoms with Crippen molar-refractivity contribution < 1.29 is 24.2 Å². The lowest BCUT2D eigenvalue weighted by molar-refractivity contribution is -0.163. The number of likely N-dealkylation sites (tertiary alicyclic amines) is 1. The van der Waals surface area contributed by atoms with Gasteiger partial charge in [-0.15, -0.1) is 0 Å². The lowest BCUT2D eigenvalue weighted by Crippen LogP contribution is -2.62. The van der Waals surface area contributed by atoms with Crippen LogP contribution in [0.3, 0.4) is 0 Å². The first kappa shape index (κ1) is 17.8. The Balaban J connectivity index is 3.16. The van der Waals surface area contributed by atoms with Crippen LogP contribution in [0, 0.1) is 0 Å². The molecule has 1 heterocycles. The molecule has 0 bridgehead atoms. The lowest BCUT2D eigenvalue weighted by atomic mass is 9.90. The molecule has 0 saturated carbocycles. The number of amides is 1. The fraction of sp³-hybridized carbons (Fsp3) is 0.867. The molecule has 2 unspecified atom stereocenters. The highest BCUT2D eigenvalue weighted by molar-refractivity contribution is 5.87. The first-order chi connectivity index (χ1) is 9.56. The maximum absolute atomic E-state index is 12.5. The summed E-state index contributed by atoms with van der Waals surface area (Å²) in [5.74, 6) is -0.574. The van der Waals surface area contributed by atoms with E-state index in [0.717, 1.165) is 0 Å². The average Bonchev–Trinajstić information content (AvgIpc) is 2.66. The molecule has 1 saturated heterocycles. The van der Waals surface area contributed by atoms with Crippen LogP contribution in [0.15, 0.2) is 0 Å². The predicted molar refractivity (Wildman–Crippen MR) is 77.8 cm³/mol. The van der Waals surface area contributed by atoms with Gasteiger partial charge in [0.1, 0.15) is 5.60 Å². The van der Waals surface area contributed by atoms with Gasteiger partial charge < -0.3 is 14.6 Å². The third-order valence-corrected chi connectivity index (χ3v) is 3.72. The maximum atomic E-state index is 12.5. The summed E-state index contributed by atoms with van der Waals surface area (Å²) in [4.78, 5) is 26.2. The summed E-state index contributed by atoms with van der Waals surface area (Å²) >= 11 is 0. The molecule has 0 aromatic carbocycles. The van der Waals surface area contributed by atoms with Gasteiger partial charge in [-0.05, 0) is 54.4 Å². The minimum absolute atomic E-state index is 0.196. The molecule has 0 aromatic heterocycles. The molecule has 0 aliphatic carbocycles. The Kier molecular flexibility index (Phi) is 5.25. The lowest BCUT2D eigenvalue weighted by Gasteiger charge is -2.40. The van der Waals surface area contributed by atoms with E-state index in [0.29, 0.717) is 12.8 Å². The summed E-state index contributed by atoms with van der Waals surface area (Å²) in [6.07, 6.45) is -0.650. The quantitative estimate of drug-likeness (QED) is 0.808. The molecule has 1 N–H and O–H groups in total. The Hall–Kier alpha value is -1.30. The van der Waals surface area contributed by atoms with Crippen LogP contribution in [-0.4, -0.2) is 52.0 Å². The number of aliphatic hydroxyl groups excluding tert-OH is 1. The zero-order valence-electron chi connectivity index (χ0n) is 13.8. The molecule has 0 aromatic rings. The molecule has 21 heavy (non-hydrogen) atoms. The predicted octanol–water partition coefficient (Wildman–Crippen LogP) is 2.09. The molecule has 0 radical (unpaired) electrons. The van der Waals surface area contributed by atoms with Crippen LogP contribution in [0.5, 0.6) is 0 Å². The largest absolute Gasteiger partial charge is 0.464 e. The highest BCUT2D eigenvalue weighted by Crippen LogP contribution is 2.39. The minimum atomic E-state index is -1.36. The zero-order valence-corrected chi connectivity index (χ0v) is 13.8. The minimum Gasteiger partial charge on any atom is -0.464 e. The first-order valence-electron chi connectivity index (χ1n) is 7.44. The fourth-order valence-corrected chi connectivity index (χ4v) is 2.76. The Bertz CT molecular complexity index is 401. The van der Waals surface area contributed by atoms with E-state index >= 15 is 0 Å². The van der Waals surface area contributed by atoms with Gasteiger partial charge in [0.15, 0.2) is 5.54 Å². The monoisotopic (exact) mass is 301 g/mol. The second-order valence-electron chi connectivity index (χ2n) is 6.56. The van der Waals surface area contributed by atoms with Crippen molar-refractivity contribution >= 4 is 12.1 Å². The zero-order chi connectivity index (χ0) is 16.4. The van der Waals surface area contributed by atoms with Crippen molar-refractivity contribution in [3.05, 3.63) is 0 Å². The van der Waals surface area contributed by atoms with Crippen molar-refractivity contribution in [1.82, 2.24) is 4.90 Å². The molecular formula is C15H27NO5. The van der Waals surface area contributed by atoms with Gasteiger partial charge in [-0.25, -0.2) is 9.59 Å². The van der Waals surface area contributed by atoms with Crippen LogP contribution in [0.1, 0.15) is 54.4 Å². The number of ether oxygens (including phenoxy) is 2. The summed E-state index contributed by atoms with van der Waals surface area (Å²) in [7, 11) is 0. The molecule has 6 heteroatoms. The normalized spacial score (nSPS) is 27.4. The molecule has 6 nitrogen and oxygen atoms in total. The van der Waals surface area contributed by atoms with Gasteiger partial charge in [-0.1, -0.05) is 0 Å². The fourth-order valence-electron chi connectivity index (χ4n) is 2.76. The van der Waals surface area contributed by atoms with E-state index in [2.05, 4.69) is 0 Å². The molecule has 3 atom stereocenters. The molecule has 1 rings (SSSR count). The van der Waals surface area contributed by atoms with Crippen LogP contribution in [0.25, 0.3) is 0 Å². The van der Waals surface area contributed by atoms with Crippen molar-refractivity contribution in [2.75, 3.05) is 6.61 Å². The van der Waals surface area contributed by atoms with E-state index in [1.54, 1.807) is 27.7 Å². The number of hydrogen-bond acceptors (Lipinski definition) is 5.